The first kappa shape index (κ1) is 32.3. The molecule has 2 heterocycles. The van der Waals surface area contributed by atoms with E-state index in [2.05, 4.69) is 10.3 Å². The van der Waals surface area contributed by atoms with E-state index >= 15 is 0 Å². The topological polar surface area (TPSA) is 104 Å². The number of nitrogens with one attached hydrogen (secondary N) is 1. The number of hydrogen-bond donors (Lipinski definition) is 2. The lowest BCUT2D eigenvalue weighted by Crippen LogP contribution is -2.49. The van der Waals surface area contributed by atoms with Crippen LogP contribution in [0, 0.1) is 11.3 Å². The summed E-state index contributed by atoms with van der Waals surface area (Å²) in [5.41, 5.74) is 1.72. The van der Waals surface area contributed by atoms with Gasteiger partial charge in [0.05, 0.1) is 13.2 Å². The summed E-state index contributed by atoms with van der Waals surface area (Å²) in [5, 5.41) is 15.0. The van der Waals surface area contributed by atoms with Crippen LogP contribution in [0.15, 0.2) is 66.9 Å². The Hall–Kier alpha value is -3.66. The molecule has 1 aliphatic rings. The second-order valence-electron chi connectivity index (χ2n) is 12.1. The lowest BCUT2D eigenvalue weighted by molar-refractivity contribution is -0.157. The number of ether oxygens (including phenoxy) is 2. The summed E-state index contributed by atoms with van der Waals surface area (Å²) in [6.07, 6.45) is 0.694. The molecule has 0 spiro atoms. The lowest BCUT2D eigenvalue weighted by Gasteiger charge is -2.35. The molecule has 4 unspecified atom stereocenters. The number of carboxylic acids is 1. The van der Waals surface area contributed by atoms with Gasteiger partial charge in [0.2, 0.25) is 0 Å². The van der Waals surface area contributed by atoms with Crippen molar-refractivity contribution in [2.45, 2.75) is 51.5 Å². The molecule has 43 heavy (non-hydrogen) atoms. The average Bonchev–Trinajstić information content (AvgIpc) is 3.33. The Balaban J connectivity index is 1.93. The molecule has 230 valence electrons. The van der Waals surface area contributed by atoms with E-state index in [1.165, 1.54) is 12.0 Å². The van der Waals surface area contributed by atoms with Gasteiger partial charge in [0.15, 0.2) is 6.10 Å². The van der Waals surface area contributed by atoms with Gasteiger partial charge in [0, 0.05) is 62.1 Å². The van der Waals surface area contributed by atoms with Crippen LogP contribution >= 0.6 is 11.6 Å². The van der Waals surface area contributed by atoms with Crippen LogP contribution < -0.4 is 15.0 Å². The van der Waals surface area contributed by atoms with Crippen LogP contribution in [0.2, 0.25) is 5.02 Å². The number of amides is 1. The molecule has 1 aromatic heterocycles. The molecule has 0 bridgehead atoms. The zero-order chi connectivity index (χ0) is 31.5. The molecule has 5 atom stereocenters. The monoisotopic (exact) mass is 608 g/mol. The van der Waals surface area contributed by atoms with Gasteiger partial charge >= 0.3 is 5.97 Å². The van der Waals surface area contributed by atoms with E-state index in [9.17, 15) is 14.7 Å². The van der Waals surface area contributed by atoms with E-state index < -0.39 is 47.4 Å². The number of likely N-dealkylation sites (tertiary alicyclic amines) is 1. The number of anilines is 1. The lowest BCUT2D eigenvalue weighted by atomic mass is 9.72. The maximum atomic E-state index is 14.6. The molecule has 9 nitrogen and oxygen atoms in total. The summed E-state index contributed by atoms with van der Waals surface area (Å²) in [6.45, 7) is 6.39. The van der Waals surface area contributed by atoms with Crippen molar-refractivity contribution in [2.24, 2.45) is 11.3 Å². The van der Waals surface area contributed by atoms with Gasteiger partial charge < -0.3 is 29.7 Å². The number of benzene rings is 2. The molecule has 2 N–H and O–H groups in total. The highest BCUT2D eigenvalue weighted by Gasteiger charge is 2.59. The fourth-order valence-corrected chi connectivity index (χ4v) is 6.46. The molecular weight excluding hydrogens is 568 g/mol. The molecular formula is C33H41ClN4O5. The van der Waals surface area contributed by atoms with Crippen LogP contribution in [0.25, 0.3) is 0 Å². The quantitative estimate of drug-likeness (QED) is 0.317. The predicted molar refractivity (Wildman–Crippen MR) is 167 cm³/mol. The number of carbonyl (C=O) groups is 2. The van der Waals surface area contributed by atoms with Crippen LogP contribution in [0.5, 0.6) is 5.75 Å². The van der Waals surface area contributed by atoms with Crippen molar-refractivity contribution in [1.82, 2.24) is 15.2 Å². The third-order valence-electron chi connectivity index (χ3n) is 8.07. The van der Waals surface area contributed by atoms with Crippen LogP contribution in [0.4, 0.5) is 5.82 Å². The Labute approximate surface area is 258 Å². The molecule has 1 fully saturated rings. The van der Waals surface area contributed by atoms with Crippen molar-refractivity contribution in [3.8, 4) is 5.75 Å². The summed E-state index contributed by atoms with van der Waals surface area (Å²) in [6, 6.07) is 16.0. The first-order valence-corrected chi connectivity index (χ1v) is 14.6. The SMILES string of the molecule is COc1cc(Cl)ccc1CNC1C(c2cccnc2N(C)C)N(C(=O)[C@H](OC)c2ccccc2)C(C(=O)O)C1C(C)(C)C. The number of methoxy groups -OCH3 is 2. The molecule has 3 aromatic rings. The van der Waals surface area contributed by atoms with Crippen LogP contribution in [-0.4, -0.2) is 67.3 Å². The molecule has 1 amide bonds. The zero-order valence-corrected chi connectivity index (χ0v) is 26.5. The molecule has 1 saturated heterocycles. The first-order valence-electron chi connectivity index (χ1n) is 14.2. The molecule has 0 saturated carbocycles. The van der Waals surface area contributed by atoms with Gasteiger partial charge in [0.1, 0.15) is 17.6 Å². The Morgan fingerprint density at radius 2 is 1.79 bits per heavy atom. The van der Waals surface area contributed by atoms with Crippen molar-refractivity contribution in [3.05, 3.63) is 88.6 Å². The van der Waals surface area contributed by atoms with Gasteiger partial charge in [-0.15, -0.1) is 0 Å². The Morgan fingerprint density at radius 1 is 1.09 bits per heavy atom. The van der Waals surface area contributed by atoms with Gasteiger partial charge in [0.25, 0.3) is 5.91 Å². The van der Waals surface area contributed by atoms with Crippen molar-refractivity contribution >= 4 is 29.3 Å². The van der Waals surface area contributed by atoms with E-state index in [4.69, 9.17) is 21.1 Å². The summed E-state index contributed by atoms with van der Waals surface area (Å²) < 4.78 is 11.4. The van der Waals surface area contributed by atoms with Crippen LogP contribution in [0.1, 0.15) is 49.6 Å². The minimum atomic E-state index is -1.15. The van der Waals surface area contributed by atoms with Crippen LogP contribution in [0.3, 0.4) is 0 Å². The van der Waals surface area contributed by atoms with Gasteiger partial charge in [-0.05, 0) is 29.2 Å². The average molecular weight is 609 g/mol. The molecule has 0 radical (unpaired) electrons. The number of rotatable bonds is 10. The number of carboxylic acid groups (broad SMARTS) is 1. The molecule has 4 rings (SSSR count). The number of halogens is 1. The van der Waals surface area contributed by atoms with E-state index in [0.717, 1.165) is 11.1 Å². The van der Waals surface area contributed by atoms with Crippen molar-refractivity contribution in [1.29, 1.82) is 0 Å². The second-order valence-corrected chi connectivity index (χ2v) is 12.5. The van der Waals surface area contributed by atoms with Gasteiger partial charge in [-0.25, -0.2) is 9.78 Å². The van der Waals surface area contributed by atoms with E-state index in [1.54, 1.807) is 25.4 Å². The predicted octanol–water partition coefficient (Wildman–Crippen LogP) is 5.35. The highest BCUT2D eigenvalue weighted by atomic mass is 35.5. The third kappa shape index (κ3) is 6.64. The number of hydrogen-bond acceptors (Lipinski definition) is 7. The molecule has 10 heteroatoms. The van der Waals surface area contributed by atoms with Crippen molar-refractivity contribution in [2.75, 3.05) is 33.2 Å². The maximum absolute atomic E-state index is 14.6. The van der Waals surface area contributed by atoms with Crippen molar-refractivity contribution in [3.63, 3.8) is 0 Å². The third-order valence-corrected chi connectivity index (χ3v) is 8.31. The summed E-state index contributed by atoms with van der Waals surface area (Å²) in [7, 11) is 6.81. The van der Waals surface area contributed by atoms with Crippen molar-refractivity contribution < 1.29 is 24.2 Å². The Bertz CT molecular complexity index is 1430. The summed E-state index contributed by atoms with van der Waals surface area (Å²) >= 11 is 6.22. The molecule has 0 aliphatic carbocycles. The van der Waals surface area contributed by atoms with Gasteiger partial charge in [-0.3, -0.25) is 4.79 Å². The van der Waals surface area contributed by atoms with E-state index in [0.29, 0.717) is 28.7 Å². The maximum Gasteiger partial charge on any atom is 0.326 e. The first-order chi connectivity index (χ1) is 20.4. The Kier molecular flexibility index (Phi) is 10.00. The second kappa shape index (κ2) is 13.3. The smallest absolute Gasteiger partial charge is 0.326 e. The fraction of sp³-hybridized carbons (Fsp3) is 0.424. The van der Waals surface area contributed by atoms with Gasteiger partial charge in [-0.1, -0.05) is 74.8 Å². The van der Waals surface area contributed by atoms with Gasteiger partial charge in [-0.2, -0.15) is 0 Å². The largest absolute Gasteiger partial charge is 0.496 e. The van der Waals surface area contributed by atoms with E-state index in [-0.39, 0.29) is 0 Å². The Morgan fingerprint density at radius 3 is 2.37 bits per heavy atom. The molecule has 2 aromatic carbocycles. The molecule has 1 aliphatic heterocycles. The standard InChI is InChI=1S/C33H41ClN4O5/c1-33(2,3)25-26(36-19-21-15-16-22(34)18-24(21)42-6)27(23-14-11-17-35-30(23)37(4)5)38(28(25)32(40)41)31(39)29(43-7)20-12-9-8-10-13-20/h8-18,25-29,36H,19H2,1-7H3,(H,40,41)/t25?,26?,27?,28?,29-/m1/s1. The van der Waals surface area contributed by atoms with E-state index in [1.807, 2.05) is 88.3 Å². The number of nitrogens with zero attached hydrogens (tertiary/aromatic N) is 3. The highest BCUT2D eigenvalue weighted by molar-refractivity contribution is 6.30. The number of carbonyl (C=O) groups excluding carboxylic acids is 1. The minimum Gasteiger partial charge on any atom is -0.496 e. The summed E-state index contributed by atoms with van der Waals surface area (Å²) in [5.74, 6) is -0.745. The minimum absolute atomic E-state index is 0.354. The highest BCUT2D eigenvalue weighted by Crippen LogP contribution is 2.50. The number of aliphatic carboxylic acids is 1. The summed E-state index contributed by atoms with van der Waals surface area (Å²) in [4.78, 5) is 35.9. The zero-order valence-electron chi connectivity index (χ0n) is 25.7. The number of aromatic nitrogens is 1. The van der Waals surface area contributed by atoms with Crippen LogP contribution in [-0.2, 0) is 20.9 Å². The number of pyridine rings is 1. The normalized spacial score (nSPS) is 21.0. The fourth-order valence-electron chi connectivity index (χ4n) is 6.30.